The van der Waals surface area contributed by atoms with Crippen molar-refractivity contribution >= 4 is 34.3 Å². The number of benzene rings is 1. The Morgan fingerprint density at radius 3 is 2.77 bits per heavy atom. The summed E-state index contributed by atoms with van der Waals surface area (Å²) >= 11 is 7.08. The van der Waals surface area contributed by atoms with Gasteiger partial charge in [0.1, 0.15) is 11.1 Å². The zero-order chi connectivity index (χ0) is 15.7. The van der Waals surface area contributed by atoms with E-state index < -0.39 is 0 Å². The molecule has 2 aromatic heterocycles. The molecule has 7 heteroatoms. The fourth-order valence-electron chi connectivity index (χ4n) is 1.94. The number of fused-ring (bicyclic) bond motifs is 1. The highest BCUT2D eigenvalue weighted by Gasteiger charge is 2.11. The van der Waals surface area contributed by atoms with Gasteiger partial charge in [-0.2, -0.15) is 5.26 Å². The van der Waals surface area contributed by atoms with Crippen LogP contribution < -0.4 is 5.56 Å². The summed E-state index contributed by atoms with van der Waals surface area (Å²) in [6, 6.07) is 12.4. The van der Waals surface area contributed by atoms with Crippen molar-refractivity contribution in [3.05, 3.63) is 57.5 Å². The topological polar surface area (TPSA) is 71.6 Å². The number of hydrogen-bond acceptors (Lipinski definition) is 5. The molecule has 5 nitrogen and oxygen atoms in total. The van der Waals surface area contributed by atoms with Crippen molar-refractivity contribution in [2.75, 3.05) is 0 Å². The lowest BCUT2D eigenvalue weighted by atomic mass is 10.2. The van der Waals surface area contributed by atoms with Crippen molar-refractivity contribution in [3.8, 4) is 6.07 Å². The number of hydrogen-bond donors (Lipinski definition) is 0. The number of nitriles is 1. The molecule has 0 radical (unpaired) electrons. The van der Waals surface area contributed by atoms with Crippen molar-refractivity contribution in [2.24, 2.45) is 7.05 Å². The summed E-state index contributed by atoms with van der Waals surface area (Å²) in [5.41, 5.74) is 0.655. The zero-order valence-electron chi connectivity index (χ0n) is 11.4. The summed E-state index contributed by atoms with van der Waals surface area (Å²) in [4.78, 5) is 21.0. The van der Waals surface area contributed by atoms with Gasteiger partial charge in [-0.3, -0.25) is 9.36 Å². The van der Waals surface area contributed by atoms with Crippen molar-refractivity contribution in [1.82, 2.24) is 14.5 Å². The van der Waals surface area contributed by atoms with Crippen LogP contribution in [0.5, 0.6) is 0 Å². The third kappa shape index (κ3) is 2.56. The maximum atomic E-state index is 12.3. The molecule has 108 valence electrons. The van der Waals surface area contributed by atoms with Gasteiger partial charge in [0.15, 0.2) is 10.9 Å². The number of pyridine rings is 1. The second kappa shape index (κ2) is 5.79. The molecule has 2 heterocycles. The molecule has 0 aliphatic rings. The average Bonchev–Trinajstić information content (AvgIpc) is 2.54. The third-order valence-electron chi connectivity index (χ3n) is 3.06. The monoisotopic (exact) mass is 328 g/mol. The van der Waals surface area contributed by atoms with Gasteiger partial charge in [-0.25, -0.2) is 9.97 Å². The van der Waals surface area contributed by atoms with Crippen molar-refractivity contribution in [2.45, 2.75) is 10.2 Å². The van der Waals surface area contributed by atoms with E-state index in [2.05, 4.69) is 9.97 Å². The average molecular weight is 329 g/mol. The summed E-state index contributed by atoms with van der Waals surface area (Å²) in [5.74, 6) is 0. The highest BCUT2D eigenvalue weighted by molar-refractivity contribution is 7.99. The molecule has 0 aliphatic heterocycles. The van der Waals surface area contributed by atoms with Gasteiger partial charge in [-0.1, -0.05) is 23.7 Å². The van der Waals surface area contributed by atoms with Crippen LogP contribution in [-0.4, -0.2) is 14.5 Å². The Morgan fingerprint density at radius 1 is 1.23 bits per heavy atom. The number of para-hydroxylation sites is 1. The smallest absolute Gasteiger partial charge is 0.261 e. The van der Waals surface area contributed by atoms with Gasteiger partial charge in [-0.05, 0) is 36.0 Å². The molecule has 0 spiro atoms. The molecule has 3 rings (SSSR count). The first kappa shape index (κ1) is 14.6. The van der Waals surface area contributed by atoms with Crippen LogP contribution in [-0.2, 0) is 7.05 Å². The quantitative estimate of drug-likeness (QED) is 0.676. The minimum absolute atomic E-state index is 0.123. The second-order valence-corrected chi connectivity index (χ2v) is 5.86. The van der Waals surface area contributed by atoms with Crippen LogP contribution in [0.3, 0.4) is 0 Å². The Labute approximate surface area is 135 Å². The van der Waals surface area contributed by atoms with Gasteiger partial charge >= 0.3 is 0 Å². The van der Waals surface area contributed by atoms with Crippen molar-refractivity contribution in [1.29, 1.82) is 5.26 Å². The number of nitrogens with zero attached hydrogens (tertiary/aromatic N) is 4. The molecular formula is C15H9ClN4OS. The molecular weight excluding hydrogens is 320 g/mol. The Balaban J connectivity index is 2.10. The van der Waals surface area contributed by atoms with E-state index in [0.29, 0.717) is 26.1 Å². The number of aromatic nitrogens is 3. The van der Waals surface area contributed by atoms with Crippen LogP contribution in [0.1, 0.15) is 5.69 Å². The van der Waals surface area contributed by atoms with E-state index in [-0.39, 0.29) is 11.3 Å². The van der Waals surface area contributed by atoms with E-state index in [0.717, 1.165) is 0 Å². The normalized spacial score (nSPS) is 10.6. The molecule has 1 aromatic carbocycles. The second-order valence-electron chi connectivity index (χ2n) is 4.47. The van der Waals surface area contributed by atoms with E-state index in [1.54, 1.807) is 37.4 Å². The highest BCUT2D eigenvalue weighted by Crippen LogP contribution is 2.26. The molecule has 0 fully saturated rings. The molecule has 3 aromatic rings. The molecule has 0 bridgehead atoms. The number of halogens is 1. The van der Waals surface area contributed by atoms with Crippen molar-refractivity contribution in [3.63, 3.8) is 0 Å². The predicted molar refractivity (Wildman–Crippen MR) is 85.1 cm³/mol. The van der Waals surface area contributed by atoms with Gasteiger partial charge in [0.25, 0.3) is 5.56 Å². The standard InChI is InChI=1S/C15H9ClN4OS/c1-20-14(21)9-4-2-3-5-11(9)19-15(20)22-13-7-6-10(16)12(8-17)18-13/h2-7H,1H3. The SMILES string of the molecule is Cn1c(Sc2ccc(Cl)c(C#N)n2)nc2ccccc2c1=O. The van der Waals surface area contributed by atoms with Crippen LogP contribution >= 0.6 is 23.4 Å². The van der Waals surface area contributed by atoms with E-state index >= 15 is 0 Å². The molecule has 0 N–H and O–H groups in total. The van der Waals surface area contributed by atoms with Crippen LogP contribution in [0.4, 0.5) is 0 Å². The molecule has 0 atom stereocenters. The maximum absolute atomic E-state index is 12.3. The predicted octanol–water partition coefficient (Wildman–Crippen LogP) is 3.00. The van der Waals surface area contributed by atoms with Crippen LogP contribution in [0, 0.1) is 11.3 Å². The minimum atomic E-state index is -0.123. The molecule has 0 unspecified atom stereocenters. The van der Waals surface area contributed by atoms with Gasteiger partial charge in [0.05, 0.1) is 15.9 Å². The fourth-order valence-corrected chi connectivity index (χ4v) is 2.91. The van der Waals surface area contributed by atoms with Crippen LogP contribution in [0.2, 0.25) is 5.02 Å². The van der Waals surface area contributed by atoms with Crippen molar-refractivity contribution < 1.29 is 0 Å². The van der Waals surface area contributed by atoms with E-state index in [9.17, 15) is 4.79 Å². The van der Waals surface area contributed by atoms with Gasteiger partial charge in [0, 0.05) is 7.05 Å². The molecule has 22 heavy (non-hydrogen) atoms. The summed E-state index contributed by atoms with van der Waals surface area (Å²) in [6.45, 7) is 0. The van der Waals surface area contributed by atoms with Crippen LogP contribution in [0.15, 0.2) is 51.4 Å². The highest BCUT2D eigenvalue weighted by atomic mass is 35.5. The fraction of sp³-hybridized carbons (Fsp3) is 0.0667. The van der Waals surface area contributed by atoms with Gasteiger partial charge in [-0.15, -0.1) is 0 Å². The Morgan fingerprint density at radius 2 is 2.00 bits per heavy atom. The number of rotatable bonds is 2. The first-order valence-electron chi connectivity index (χ1n) is 6.30. The molecule has 0 amide bonds. The third-order valence-corrected chi connectivity index (χ3v) is 4.35. The summed E-state index contributed by atoms with van der Waals surface area (Å²) in [6.07, 6.45) is 0. The van der Waals surface area contributed by atoms with Gasteiger partial charge < -0.3 is 0 Å². The van der Waals surface area contributed by atoms with Crippen LogP contribution in [0.25, 0.3) is 10.9 Å². The summed E-state index contributed by atoms with van der Waals surface area (Å²) in [5, 5.41) is 10.9. The lowest BCUT2D eigenvalue weighted by molar-refractivity contribution is 0.725. The Hall–Kier alpha value is -2.36. The Kier molecular flexibility index (Phi) is 3.84. The Bertz CT molecular complexity index is 977. The largest absolute Gasteiger partial charge is 0.290 e. The molecule has 0 saturated heterocycles. The molecule has 0 saturated carbocycles. The van der Waals surface area contributed by atoms with E-state index in [4.69, 9.17) is 16.9 Å². The first-order valence-corrected chi connectivity index (χ1v) is 7.50. The molecule has 0 aliphatic carbocycles. The lowest BCUT2D eigenvalue weighted by Crippen LogP contribution is -2.19. The van der Waals surface area contributed by atoms with Gasteiger partial charge in [0.2, 0.25) is 0 Å². The first-order chi connectivity index (χ1) is 10.6. The maximum Gasteiger partial charge on any atom is 0.261 e. The zero-order valence-corrected chi connectivity index (χ0v) is 13.0. The summed E-state index contributed by atoms with van der Waals surface area (Å²) in [7, 11) is 1.66. The lowest BCUT2D eigenvalue weighted by Gasteiger charge is -2.08. The van der Waals surface area contributed by atoms with E-state index in [1.165, 1.54) is 16.3 Å². The van der Waals surface area contributed by atoms with E-state index in [1.807, 2.05) is 12.1 Å². The minimum Gasteiger partial charge on any atom is -0.290 e. The summed E-state index contributed by atoms with van der Waals surface area (Å²) < 4.78 is 1.47.